The summed E-state index contributed by atoms with van der Waals surface area (Å²) in [5.41, 5.74) is 0.527. The summed E-state index contributed by atoms with van der Waals surface area (Å²) in [4.78, 5) is 11.9. The second kappa shape index (κ2) is 5.69. The molecule has 96 valence electrons. The molecule has 0 unspecified atom stereocenters. The first-order chi connectivity index (χ1) is 8.70. The third-order valence-electron chi connectivity index (χ3n) is 2.83. The number of methoxy groups -OCH3 is 1. The molecule has 0 amide bonds. The van der Waals surface area contributed by atoms with E-state index in [1.165, 1.54) is 0 Å². The van der Waals surface area contributed by atoms with E-state index < -0.39 is 6.10 Å². The minimum Gasteiger partial charge on any atom is -0.466 e. The van der Waals surface area contributed by atoms with Gasteiger partial charge in [-0.1, -0.05) is 24.8 Å². The average Bonchev–Trinajstić information content (AvgIpc) is 2.42. The number of carbonyl (C=O) groups is 1. The third-order valence-corrected chi connectivity index (χ3v) is 2.83. The van der Waals surface area contributed by atoms with Gasteiger partial charge in [-0.3, -0.25) is 0 Å². The maximum atomic E-state index is 11.9. The fourth-order valence-electron chi connectivity index (χ4n) is 1.81. The summed E-state index contributed by atoms with van der Waals surface area (Å²) in [7, 11) is 1.58. The molecule has 0 aromatic heterocycles. The van der Waals surface area contributed by atoms with Gasteiger partial charge in [0.15, 0.2) is 12.4 Å². The molecule has 0 bridgehead atoms. The van der Waals surface area contributed by atoms with Gasteiger partial charge in [-0.05, 0) is 18.6 Å². The molecule has 0 aliphatic carbocycles. The minimum absolute atomic E-state index is 0.288. The van der Waals surface area contributed by atoms with Crippen molar-refractivity contribution >= 4 is 5.97 Å². The van der Waals surface area contributed by atoms with Crippen molar-refractivity contribution in [1.29, 1.82) is 0 Å². The Bertz CT molecular complexity index is 427. The Morgan fingerprint density at radius 1 is 1.33 bits per heavy atom. The lowest BCUT2D eigenvalue weighted by molar-refractivity contribution is -0.138. The summed E-state index contributed by atoms with van der Waals surface area (Å²) < 4.78 is 15.8. The molecule has 2 rings (SSSR count). The number of ether oxygens (including phenoxy) is 3. The molecule has 1 aliphatic rings. The van der Waals surface area contributed by atoms with E-state index in [4.69, 9.17) is 14.2 Å². The predicted molar refractivity (Wildman–Crippen MR) is 65.9 cm³/mol. The molecule has 1 aromatic carbocycles. The summed E-state index contributed by atoms with van der Waals surface area (Å²) >= 11 is 0. The molecule has 0 saturated carbocycles. The Labute approximate surface area is 106 Å². The molecule has 0 N–H and O–H groups in total. The zero-order valence-corrected chi connectivity index (χ0v) is 10.3. The van der Waals surface area contributed by atoms with Crippen LogP contribution in [-0.2, 0) is 14.2 Å². The summed E-state index contributed by atoms with van der Waals surface area (Å²) in [5.74, 6) is 0.0820. The highest BCUT2D eigenvalue weighted by atomic mass is 16.7. The van der Waals surface area contributed by atoms with Crippen molar-refractivity contribution in [2.75, 3.05) is 7.11 Å². The largest absolute Gasteiger partial charge is 0.466 e. The Morgan fingerprint density at radius 3 is 2.67 bits per heavy atom. The molecule has 0 spiro atoms. The van der Waals surface area contributed by atoms with Crippen molar-refractivity contribution < 1.29 is 19.0 Å². The van der Waals surface area contributed by atoms with Crippen LogP contribution in [0.1, 0.15) is 23.2 Å². The summed E-state index contributed by atoms with van der Waals surface area (Å²) in [6, 6.07) is 8.87. The molecule has 4 heteroatoms. The third kappa shape index (κ3) is 2.90. The molecule has 2 atom stereocenters. The van der Waals surface area contributed by atoms with Gasteiger partial charge in [-0.2, -0.15) is 0 Å². The van der Waals surface area contributed by atoms with E-state index in [1.807, 2.05) is 6.07 Å². The molecular weight excluding hydrogens is 232 g/mol. The predicted octanol–water partition coefficient (Wildman–Crippen LogP) is 2.51. The Balaban J connectivity index is 1.94. The maximum absolute atomic E-state index is 11.9. The van der Waals surface area contributed by atoms with E-state index in [1.54, 1.807) is 31.4 Å². The first-order valence-corrected chi connectivity index (χ1v) is 5.85. The number of carbonyl (C=O) groups excluding carboxylic acids is 1. The van der Waals surface area contributed by atoms with Crippen LogP contribution in [-0.4, -0.2) is 25.5 Å². The molecular formula is C14H16O4. The number of benzene rings is 1. The second-order valence-electron chi connectivity index (χ2n) is 4.09. The van der Waals surface area contributed by atoms with Gasteiger partial charge in [0.1, 0.15) is 5.76 Å². The topological polar surface area (TPSA) is 44.8 Å². The average molecular weight is 248 g/mol. The van der Waals surface area contributed by atoms with Crippen LogP contribution in [0.25, 0.3) is 0 Å². The van der Waals surface area contributed by atoms with E-state index in [0.717, 1.165) is 0 Å². The van der Waals surface area contributed by atoms with Crippen LogP contribution in [0.5, 0.6) is 0 Å². The second-order valence-corrected chi connectivity index (χ2v) is 4.09. The zero-order valence-electron chi connectivity index (χ0n) is 10.3. The highest BCUT2D eigenvalue weighted by Crippen LogP contribution is 2.25. The molecule has 1 saturated heterocycles. The lowest BCUT2D eigenvalue weighted by Crippen LogP contribution is -2.31. The van der Waals surface area contributed by atoms with E-state index in [0.29, 0.717) is 24.2 Å². The summed E-state index contributed by atoms with van der Waals surface area (Å²) in [5, 5.41) is 0. The van der Waals surface area contributed by atoms with Crippen LogP contribution in [0.3, 0.4) is 0 Å². The van der Waals surface area contributed by atoms with Gasteiger partial charge in [0, 0.05) is 13.5 Å². The van der Waals surface area contributed by atoms with Crippen LogP contribution >= 0.6 is 0 Å². The van der Waals surface area contributed by atoms with Crippen molar-refractivity contribution in [3.8, 4) is 0 Å². The van der Waals surface area contributed by atoms with Crippen LogP contribution < -0.4 is 0 Å². The maximum Gasteiger partial charge on any atom is 0.338 e. The molecule has 1 aliphatic heterocycles. The van der Waals surface area contributed by atoms with Gasteiger partial charge in [-0.25, -0.2) is 4.79 Å². The standard InChI is InChI=1S/C14H16O4/c1-10-12(8-9-13(16-2)17-10)18-14(15)11-6-4-3-5-7-11/h3-7,12-13H,1,8-9H2,2H3/t12-,13-/m0/s1. The smallest absolute Gasteiger partial charge is 0.338 e. The van der Waals surface area contributed by atoms with Crippen LogP contribution in [0, 0.1) is 0 Å². The highest BCUT2D eigenvalue weighted by molar-refractivity contribution is 5.89. The van der Waals surface area contributed by atoms with Gasteiger partial charge in [-0.15, -0.1) is 0 Å². The van der Waals surface area contributed by atoms with E-state index in [-0.39, 0.29) is 12.3 Å². The monoisotopic (exact) mass is 248 g/mol. The van der Waals surface area contributed by atoms with Crippen molar-refractivity contribution in [3.63, 3.8) is 0 Å². The van der Waals surface area contributed by atoms with Crippen LogP contribution in [0.2, 0.25) is 0 Å². The van der Waals surface area contributed by atoms with Crippen molar-refractivity contribution in [3.05, 3.63) is 48.2 Å². The van der Waals surface area contributed by atoms with Crippen LogP contribution in [0.4, 0.5) is 0 Å². The number of esters is 1. The fraction of sp³-hybridized carbons (Fsp3) is 0.357. The number of hydrogen-bond acceptors (Lipinski definition) is 4. The normalized spacial score (nSPS) is 23.3. The fourth-order valence-corrected chi connectivity index (χ4v) is 1.81. The summed E-state index contributed by atoms with van der Waals surface area (Å²) in [6.45, 7) is 3.76. The first kappa shape index (κ1) is 12.6. The van der Waals surface area contributed by atoms with Gasteiger partial charge in [0.05, 0.1) is 5.56 Å². The Morgan fingerprint density at radius 2 is 2.06 bits per heavy atom. The van der Waals surface area contributed by atoms with Gasteiger partial charge >= 0.3 is 5.97 Å². The van der Waals surface area contributed by atoms with Crippen LogP contribution in [0.15, 0.2) is 42.7 Å². The Kier molecular flexibility index (Phi) is 3.99. The van der Waals surface area contributed by atoms with Gasteiger partial charge in [0.25, 0.3) is 0 Å². The van der Waals surface area contributed by atoms with Gasteiger partial charge < -0.3 is 14.2 Å². The van der Waals surface area contributed by atoms with E-state index in [9.17, 15) is 4.79 Å². The molecule has 0 radical (unpaired) electrons. The van der Waals surface area contributed by atoms with Crippen molar-refractivity contribution in [2.24, 2.45) is 0 Å². The SMILES string of the molecule is C=C1O[C@H](OC)CC[C@@H]1OC(=O)c1ccccc1. The van der Waals surface area contributed by atoms with Crippen molar-refractivity contribution in [2.45, 2.75) is 25.2 Å². The van der Waals surface area contributed by atoms with Crippen molar-refractivity contribution in [1.82, 2.24) is 0 Å². The number of rotatable bonds is 3. The molecule has 1 fully saturated rings. The highest BCUT2D eigenvalue weighted by Gasteiger charge is 2.28. The quantitative estimate of drug-likeness (QED) is 0.771. The Hall–Kier alpha value is -1.81. The van der Waals surface area contributed by atoms with Gasteiger partial charge in [0.2, 0.25) is 0 Å². The molecule has 4 nitrogen and oxygen atoms in total. The summed E-state index contributed by atoms with van der Waals surface area (Å²) in [6.07, 6.45) is 0.659. The molecule has 1 heterocycles. The molecule has 18 heavy (non-hydrogen) atoms. The minimum atomic E-state index is -0.399. The van der Waals surface area contributed by atoms with E-state index >= 15 is 0 Å². The lowest BCUT2D eigenvalue weighted by Gasteiger charge is -2.30. The lowest BCUT2D eigenvalue weighted by atomic mass is 10.1. The van der Waals surface area contributed by atoms with E-state index in [2.05, 4.69) is 6.58 Å². The zero-order chi connectivity index (χ0) is 13.0. The number of hydrogen-bond donors (Lipinski definition) is 0. The first-order valence-electron chi connectivity index (χ1n) is 5.85. The molecule has 1 aromatic rings.